The average Bonchev–Trinajstić information content (AvgIpc) is 3.23. The van der Waals surface area contributed by atoms with Crippen LogP contribution in [0.15, 0.2) is 23.8 Å². The van der Waals surface area contributed by atoms with Crippen molar-refractivity contribution in [2.24, 2.45) is 5.92 Å². The Labute approximate surface area is 122 Å². The van der Waals surface area contributed by atoms with E-state index in [-0.39, 0.29) is 12.1 Å². The lowest BCUT2D eigenvalue weighted by Crippen LogP contribution is -2.48. The fraction of sp³-hybridized carbons (Fsp3) is 0.765. The van der Waals surface area contributed by atoms with Gasteiger partial charge in [-0.05, 0) is 52.0 Å². The van der Waals surface area contributed by atoms with Crippen molar-refractivity contribution in [1.82, 2.24) is 4.90 Å². The Kier molecular flexibility index (Phi) is 3.78. The van der Waals surface area contributed by atoms with Crippen LogP contribution >= 0.6 is 0 Å². The zero-order chi connectivity index (χ0) is 14.3. The van der Waals surface area contributed by atoms with Gasteiger partial charge < -0.3 is 10.2 Å². The number of aliphatic hydroxyl groups excluding tert-OH is 1. The predicted octanol–water partition coefficient (Wildman–Crippen LogP) is 2.25. The number of allylic oxidation sites excluding steroid dienone is 3. The second-order valence-electron chi connectivity index (χ2n) is 7.02. The third kappa shape index (κ3) is 2.59. The van der Waals surface area contributed by atoms with Crippen LogP contribution in [0.4, 0.5) is 0 Å². The van der Waals surface area contributed by atoms with E-state index < -0.39 is 11.7 Å². The molecule has 0 radical (unpaired) electrons. The molecule has 4 unspecified atom stereocenters. The number of fused-ring (bicyclic) bond motifs is 1. The molecule has 3 aliphatic rings. The van der Waals surface area contributed by atoms with Crippen LogP contribution in [-0.4, -0.2) is 45.4 Å². The number of hydrogen-bond acceptors (Lipinski definition) is 3. The number of nitrogens with zero attached hydrogens (tertiary/aromatic N) is 1. The molecule has 3 heteroatoms. The molecular formula is C17H27NO2. The van der Waals surface area contributed by atoms with Crippen LogP contribution < -0.4 is 0 Å². The monoisotopic (exact) mass is 277 g/mol. The van der Waals surface area contributed by atoms with Gasteiger partial charge in [0.15, 0.2) is 0 Å². The summed E-state index contributed by atoms with van der Waals surface area (Å²) in [5.74, 6) is 0.776. The van der Waals surface area contributed by atoms with Crippen LogP contribution in [-0.2, 0) is 0 Å². The predicted molar refractivity (Wildman–Crippen MR) is 80.4 cm³/mol. The topological polar surface area (TPSA) is 43.7 Å². The van der Waals surface area contributed by atoms with Crippen LogP contribution in [0.25, 0.3) is 0 Å². The second kappa shape index (κ2) is 5.28. The first-order chi connectivity index (χ1) is 9.50. The Morgan fingerprint density at radius 3 is 2.70 bits per heavy atom. The molecule has 0 bridgehead atoms. The first kappa shape index (κ1) is 14.3. The molecular weight excluding hydrogens is 250 g/mol. The van der Waals surface area contributed by atoms with E-state index in [9.17, 15) is 10.2 Å². The summed E-state index contributed by atoms with van der Waals surface area (Å²) in [5, 5.41) is 21.2. The molecule has 3 rings (SSSR count). The largest absolute Gasteiger partial charge is 0.388 e. The SMILES string of the molecule is CC(C=CC1CC1)=CC1C(O)C(C)(O)C2CCCCN12. The molecule has 2 N–H and O–H groups in total. The van der Waals surface area contributed by atoms with E-state index in [1.54, 1.807) is 6.92 Å². The van der Waals surface area contributed by atoms with E-state index in [2.05, 4.69) is 30.1 Å². The van der Waals surface area contributed by atoms with Crippen molar-refractivity contribution in [2.45, 2.75) is 69.7 Å². The van der Waals surface area contributed by atoms with Gasteiger partial charge in [0.1, 0.15) is 11.7 Å². The van der Waals surface area contributed by atoms with Gasteiger partial charge in [0, 0.05) is 6.04 Å². The molecule has 0 aromatic carbocycles. The van der Waals surface area contributed by atoms with E-state index in [0.717, 1.165) is 25.3 Å². The first-order valence-corrected chi connectivity index (χ1v) is 8.03. The van der Waals surface area contributed by atoms with Crippen LogP contribution in [0.2, 0.25) is 0 Å². The second-order valence-corrected chi connectivity index (χ2v) is 7.02. The van der Waals surface area contributed by atoms with Gasteiger partial charge in [-0.3, -0.25) is 4.90 Å². The molecule has 2 heterocycles. The minimum absolute atomic E-state index is 0.0425. The normalized spacial score (nSPS) is 43.2. The number of hydrogen-bond donors (Lipinski definition) is 2. The molecule has 2 aliphatic heterocycles. The van der Waals surface area contributed by atoms with Gasteiger partial charge in [-0.15, -0.1) is 0 Å². The molecule has 3 fully saturated rings. The van der Waals surface area contributed by atoms with Gasteiger partial charge >= 0.3 is 0 Å². The first-order valence-electron chi connectivity index (χ1n) is 8.03. The van der Waals surface area contributed by atoms with E-state index in [4.69, 9.17) is 0 Å². The van der Waals surface area contributed by atoms with Gasteiger partial charge in [-0.1, -0.05) is 30.2 Å². The van der Waals surface area contributed by atoms with Crippen LogP contribution in [0.1, 0.15) is 46.0 Å². The Morgan fingerprint density at radius 2 is 2.00 bits per heavy atom. The van der Waals surface area contributed by atoms with Gasteiger partial charge in [0.25, 0.3) is 0 Å². The molecule has 4 atom stereocenters. The van der Waals surface area contributed by atoms with E-state index >= 15 is 0 Å². The van der Waals surface area contributed by atoms with Crippen molar-refractivity contribution >= 4 is 0 Å². The highest BCUT2D eigenvalue weighted by molar-refractivity contribution is 5.25. The van der Waals surface area contributed by atoms with Gasteiger partial charge in [-0.2, -0.15) is 0 Å². The van der Waals surface area contributed by atoms with Crippen LogP contribution in [0.3, 0.4) is 0 Å². The summed E-state index contributed by atoms with van der Waals surface area (Å²) < 4.78 is 0. The highest BCUT2D eigenvalue weighted by Gasteiger charge is 2.54. The fourth-order valence-corrected chi connectivity index (χ4v) is 3.75. The van der Waals surface area contributed by atoms with Gasteiger partial charge in [0.05, 0.1) is 6.04 Å². The zero-order valence-electron chi connectivity index (χ0n) is 12.6. The van der Waals surface area contributed by atoms with E-state index in [1.165, 1.54) is 24.8 Å². The van der Waals surface area contributed by atoms with Crippen molar-refractivity contribution in [3.63, 3.8) is 0 Å². The molecule has 0 aromatic rings. The molecule has 3 nitrogen and oxygen atoms in total. The molecule has 0 spiro atoms. The summed E-state index contributed by atoms with van der Waals surface area (Å²) >= 11 is 0. The summed E-state index contributed by atoms with van der Waals surface area (Å²) in [6, 6.07) is 0.0619. The molecule has 1 aliphatic carbocycles. The van der Waals surface area contributed by atoms with Gasteiger partial charge in [-0.25, -0.2) is 0 Å². The smallest absolute Gasteiger partial charge is 0.105 e. The summed E-state index contributed by atoms with van der Waals surface area (Å²) in [4.78, 5) is 2.31. The minimum Gasteiger partial charge on any atom is -0.388 e. The third-order valence-corrected chi connectivity index (χ3v) is 5.21. The molecule has 20 heavy (non-hydrogen) atoms. The third-order valence-electron chi connectivity index (χ3n) is 5.21. The Morgan fingerprint density at radius 1 is 1.25 bits per heavy atom. The standard InChI is InChI=1S/C17H27NO2/c1-12(6-7-13-8-9-13)11-14-16(19)17(2,20)15-5-3-4-10-18(14)15/h6-7,11,13-16,19-20H,3-5,8-10H2,1-2H3. The number of piperidine rings is 1. The van der Waals surface area contributed by atoms with Crippen molar-refractivity contribution in [1.29, 1.82) is 0 Å². The molecule has 0 aromatic heterocycles. The van der Waals surface area contributed by atoms with Crippen LogP contribution in [0, 0.1) is 5.92 Å². The zero-order valence-corrected chi connectivity index (χ0v) is 12.6. The summed E-state index contributed by atoms with van der Waals surface area (Å²) in [5.41, 5.74) is 0.213. The van der Waals surface area contributed by atoms with Gasteiger partial charge in [0.2, 0.25) is 0 Å². The maximum Gasteiger partial charge on any atom is 0.105 e. The average molecular weight is 277 g/mol. The Hall–Kier alpha value is -0.640. The lowest BCUT2D eigenvalue weighted by atomic mass is 9.88. The van der Waals surface area contributed by atoms with Crippen molar-refractivity contribution in [3.8, 4) is 0 Å². The molecule has 2 saturated heterocycles. The van der Waals surface area contributed by atoms with Crippen molar-refractivity contribution < 1.29 is 10.2 Å². The van der Waals surface area contributed by atoms with E-state index in [0.29, 0.717) is 0 Å². The van der Waals surface area contributed by atoms with Crippen LogP contribution in [0.5, 0.6) is 0 Å². The fourth-order valence-electron chi connectivity index (χ4n) is 3.75. The lowest BCUT2D eigenvalue weighted by molar-refractivity contribution is -0.0573. The van der Waals surface area contributed by atoms with E-state index in [1.807, 2.05) is 0 Å². The minimum atomic E-state index is -0.984. The maximum absolute atomic E-state index is 10.6. The number of rotatable bonds is 3. The Balaban J connectivity index is 1.78. The lowest BCUT2D eigenvalue weighted by Gasteiger charge is -2.36. The number of aliphatic hydroxyl groups is 2. The molecule has 112 valence electrons. The highest BCUT2D eigenvalue weighted by atomic mass is 16.3. The maximum atomic E-state index is 10.6. The molecule has 1 saturated carbocycles. The summed E-state index contributed by atoms with van der Waals surface area (Å²) in [6.45, 7) is 4.88. The highest BCUT2D eigenvalue weighted by Crippen LogP contribution is 2.40. The quantitative estimate of drug-likeness (QED) is 0.778. The molecule has 0 amide bonds. The van der Waals surface area contributed by atoms with Crippen molar-refractivity contribution in [3.05, 3.63) is 23.8 Å². The van der Waals surface area contributed by atoms with Crippen molar-refractivity contribution in [2.75, 3.05) is 6.54 Å². The Bertz CT molecular complexity index is 423. The summed E-state index contributed by atoms with van der Waals surface area (Å²) in [6.07, 6.45) is 11.9. The summed E-state index contributed by atoms with van der Waals surface area (Å²) in [7, 11) is 0.